The molecule has 1 aromatic heterocycles. The number of hydrogen-bond donors (Lipinski definition) is 0. The molecule has 4 rings (SSSR count). The molecular weight excluding hydrogens is 338 g/mol. The summed E-state index contributed by atoms with van der Waals surface area (Å²) in [5.74, 6) is -0.181. The Balaban J connectivity index is 1.94. The highest BCUT2D eigenvalue weighted by molar-refractivity contribution is 5.91. The third-order valence-electron chi connectivity index (χ3n) is 5.40. The molecule has 3 aromatic rings. The molecule has 0 amide bonds. The number of hydrogen-bond acceptors (Lipinski definition) is 3. The van der Waals surface area contributed by atoms with Gasteiger partial charge in [-0.1, -0.05) is 57.2 Å². The normalized spacial score (nSPS) is 16.9. The van der Waals surface area contributed by atoms with Crippen LogP contribution in [0.3, 0.4) is 0 Å². The fourth-order valence-electron chi connectivity index (χ4n) is 3.83. The van der Waals surface area contributed by atoms with Gasteiger partial charge in [-0.25, -0.2) is 0 Å². The van der Waals surface area contributed by atoms with Crippen LogP contribution in [0.2, 0.25) is 0 Å². The molecule has 1 atom stereocenters. The summed E-state index contributed by atoms with van der Waals surface area (Å²) in [6.07, 6.45) is 0.176. The second kappa shape index (κ2) is 6.08. The van der Waals surface area contributed by atoms with Gasteiger partial charge in [-0.05, 0) is 28.7 Å². The van der Waals surface area contributed by atoms with E-state index in [0.29, 0.717) is 11.3 Å². The predicted octanol–water partition coefficient (Wildman–Crippen LogP) is 4.28. The molecule has 1 aliphatic rings. The summed E-state index contributed by atoms with van der Waals surface area (Å²) in [5, 5.41) is 0.791. The first-order valence-electron chi connectivity index (χ1n) is 9.20. The lowest BCUT2D eigenvalue weighted by molar-refractivity contribution is -0.135. The average molecular weight is 361 g/mol. The Morgan fingerprint density at radius 2 is 1.67 bits per heavy atom. The fourth-order valence-corrected chi connectivity index (χ4v) is 3.83. The van der Waals surface area contributed by atoms with Crippen LogP contribution in [0.1, 0.15) is 49.8 Å². The number of para-hydroxylation sites is 1. The second-order valence-corrected chi connectivity index (χ2v) is 8.23. The van der Waals surface area contributed by atoms with E-state index in [1.807, 2.05) is 36.4 Å². The Morgan fingerprint density at radius 1 is 1.00 bits per heavy atom. The molecule has 4 heteroatoms. The van der Waals surface area contributed by atoms with Gasteiger partial charge in [0.25, 0.3) is 5.56 Å². The Morgan fingerprint density at radius 3 is 2.33 bits per heavy atom. The van der Waals surface area contributed by atoms with Crippen LogP contribution in [0.5, 0.6) is 5.75 Å². The summed E-state index contributed by atoms with van der Waals surface area (Å²) in [4.78, 5) is 25.5. The van der Waals surface area contributed by atoms with Crippen molar-refractivity contribution in [3.05, 3.63) is 75.6 Å². The zero-order valence-electron chi connectivity index (χ0n) is 16.1. The van der Waals surface area contributed by atoms with Crippen LogP contribution >= 0.6 is 0 Å². The van der Waals surface area contributed by atoms with Crippen molar-refractivity contribution in [1.29, 1.82) is 0 Å². The molecule has 138 valence electrons. The summed E-state index contributed by atoms with van der Waals surface area (Å²) in [6, 6.07) is 15.8. The summed E-state index contributed by atoms with van der Waals surface area (Å²) >= 11 is 0. The van der Waals surface area contributed by atoms with Gasteiger partial charge < -0.3 is 9.30 Å². The Labute approximate surface area is 158 Å². The first kappa shape index (κ1) is 17.5. The molecule has 0 saturated heterocycles. The summed E-state index contributed by atoms with van der Waals surface area (Å²) < 4.78 is 7.20. The Bertz CT molecular complexity index is 1100. The van der Waals surface area contributed by atoms with E-state index in [0.717, 1.165) is 16.5 Å². The van der Waals surface area contributed by atoms with E-state index in [4.69, 9.17) is 4.74 Å². The number of nitrogens with zero attached hydrogens (tertiary/aromatic N) is 1. The van der Waals surface area contributed by atoms with Gasteiger partial charge in [-0.3, -0.25) is 9.59 Å². The van der Waals surface area contributed by atoms with Gasteiger partial charge in [0.05, 0.1) is 17.5 Å². The van der Waals surface area contributed by atoms with Crippen molar-refractivity contribution in [1.82, 2.24) is 4.57 Å². The largest absolute Gasteiger partial charge is 0.425 e. The minimum Gasteiger partial charge on any atom is -0.425 e. The molecule has 2 heterocycles. The minimum absolute atomic E-state index is 0.0499. The number of carbonyl (C=O) groups is 1. The van der Waals surface area contributed by atoms with Crippen molar-refractivity contribution >= 4 is 16.9 Å². The molecule has 4 nitrogen and oxygen atoms in total. The number of carbonyl (C=O) groups excluding carboxylic acids is 1. The number of aryl methyl sites for hydroxylation is 1. The molecule has 1 aliphatic heterocycles. The van der Waals surface area contributed by atoms with Gasteiger partial charge in [0.2, 0.25) is 0 Å². The molecule has 0 bridgehead atoms. The lowest BCUT2D eigenvalue weighted by Crippen LogP contribution is -2.31. The van der Waals surface area contributed by atoms with E-state index in [2.05, 4.69) is 32.9 Å². The first-order valence-corrected chi connectivity index (χ1v) is 9.20. The van der Waals surface area contributed by atoms with Crippen LogP contribution in [-0.4, -0.2) is 10.5 Å². The van der Waals surface area contributed by atoms with E-state index in [1.165, 1.54) is 5.56 Å². The monoisotopic (exact) mass is 361 g/mol. The van der Waals surface area contributed by atoms with E-state index in [1.54, 1.807) is 11.6 Å². The van der Waals surface area contributed by atoms with Crippen molar-refractivity contribution in [2.75, 3.05) is 0 Å². The third kappa shape index (κ3) is 2.85. The van der Waals surface area contributed by atoms with Gasteiger partial charge in [-0.15, -0.1) is 0 Å². The number of benzene rings is 2. The van der Waals surface area contributed by atoms with E-state index in [9.17, 15) is 9.59 Å². The molecule has 0 N–H and O–H groups in total. The predicted molar refractivity (Wildman–Crippen MR) is 106 cm³/mol. The topological polar surface area (TPSA) is 48.3 Å². The van der Waals surface area contributed by atoms with Crippen LogP contribution < -0.4 is 10.3 Å². The van der Waals surface area contributed by atoms with Crippen LogP contribution in [0.4, 0.5) is 0 Å². The maximum absolute atomic E-state index is 13.1. The average Bonchev–Trinajstić information content (AvgIpc) is 2.65. The number of rotatable bonds is 1. The zero-order chi connectivity index (χ0) is 19.3. The smallest absolute Gasteiger partial charge is 0.312 e. The summed E-state index contributed by atoms with van der Waals surface area (Å²) in [5.41, 5.74) is 3.46. The highest BCUT2D eigenvalue weighted by Gasteiger charge is 2.33. The highest BCUT2D eigenvalue weighted by Crippen LogP contribution is 2.40. The lowest BCUT2D eigenvalue weighted by Gasteiger charge is -2.27. The maximum Gasteiger partial charge on any atom is 0.312 e. The summed E-state index contributed by atoms with van der Waals surface area (Å²) in [6.45, 7) is 6.49. The van der Waals surface area contributed by atoms with Crippen LogP contribution in [-0.2, 0) is 17.3 Å². The maximum atomic E-state index is 13.1. The second-order valence-electron chi connectivity index (χ2n) is 8.23. The molecule has 0 unspecified atom stereocenters. The van der Waals surface area contributed by atoms with Crippen molar-refractivity contribution < 1.29 is 9.53 Å². The fraction of sp³-hybridized carbons (Fsp3) is 0.304. The van der Waals surface area contributed by atoms with E-state index >= 15 is 0 Å². The van der Waals surface area contributed by atoms with Gasteiger partial charge in [0, 0.05) is 18.4 Å². The first-order chi connectivity index (χ1) is 12.8. The third-order valence-corrected chi connectivity index (χ3v) is 5.40. The number of aromatic nitrogens is 1. The molecule has 0 fully saturated rings. The standard InChI is InChI=1S/C23H23NO3/c1-23(2,3)15-11-9-14(10-12-15)17-13-19(25)27-21-16-7-5-6-8-18(16)24(4)22(26)20(17)21/h5-12,17H,13H2,1-4H3/t17-/m0/s1. The van der Waals surface area contributed by atoms with Crippen LogP contribution in [0.25, 0.3) is 10.9 Å². The van der Waals surface area contributed by atoms with Crippen molar-refractivity contribution in [3.63, 3.8) is 0 Å². The number of pyridine rings is 1. The molecule has 0 spiro atoms. The Hall–Kier alpha value is -2.88. The van der Waals surface area contributed by atoms with Crippen LogP contribution in [0, 0.1) is 0 Å². The molecule has 0 saturated carbocycles. The molecular formula is C23H23NO3. The molecule has 2 aromatic carbocycles. The van der Waals surface area contributed by atoms with Gasteiger partial charge in [-0.2, -0.15) is 0 Å². The minimum atomic E-state index is -0.300. The molecule has 27 heavy (non-hydrogen) atoms. The van der Waals surface area contributed by atoms with Gasteiger partial charge in [0.1, 0.15) is 5.75 Å². The molecule has 0 radical (unpaired) electrons. The quantitative estimate of drug-likeness (QED) is 0.608. The Kier molecular flexibility index (Phi) is 3.95. The van der Waals surface area contributed by atoms with Crippen molar-refractivity contribution in [3.8, 4) is 5.75 Å². The number of fused-ring (bicyclic) bond motifs is 3. The van der Waals surface area contributed by atoms with Crippen molar-refractivity contribution in [2.45, 2.75) is 38.5 Å². The highest BCUT2D eigenvalue weighted by atomic mass is 16.5. The van der Waals surface area contributed by atoms with Crippen LogP contribution in [0.15, 0.2) is 53.3 Å². The lowest BCUT2D eigenvalue weighted by atomic mass is 9.82. The van der Waals surface area contributed by atoms with Gasteiger partial charge in [0.15, 0.2) is 0 Å². The van der Waals surface area contributed by atoms with E-state index < -0.39 is 0 Å². The zero-order valence-corrected chi connectivity index (χ0v) is 16.1. The number of ether oxygens (including phenoxy) is 1. The van der Waals surface area contributed by atoms with Gasteiger partial charge >= 0.3 is 5.97 Å². The summed E-state index contributed by atoms with van der Waals surface area (Å²) in [7, 11) is 1.77. The number of esters is 1. The molecule has 0 aliphatic carbocycles. The SMILES string of the molecule is Cn1c(=O)c2c(c3ccccc31)OC(=O)C[C@H]2c1ccc(C(C)(C)C)cc1. The van der Waals surface area contributed by atoms with E-state index in [-0.39, 0.29) is 29.3 Å². The van der Waals surface area contributed by atoms with Crippen molar-refractivity contribution in [2.24, 2.45) is 7.05 Å².